The van der Waals surface area contributed by atoms with Gasteiger partial charge in [0, 0.05) is 29.6 Å². The van der Waals surface area contributed by atoms with E-state index in [1.165, 1.54) is 12.1 Å². The molecule has 2 heterocycles. The standard InChI is InChI=1S/C21H22FN7O/c22-16-6-4-13(5-7-16)11-29-12-15(10-26-29)14-8-18(19(25-9-14)28-21(23)24)20(30)27-17-2-1-3-17/h4-10,12,17H,1-3,11H2,(H,27,30)(H4,23,24,25,28). The van der Waals surface area contributed by atoms with Crippen molar-refractivity contribution >= 4 is 11.9 Å². The molecule has 1 fully saturated rings. The Morgan fingerprint density at radius 3 is 2.77 bits per heavy atom. The average molecular weight is 407 g/mol. The summed E-state index contributed by atoms with van der Waals surface area (Å²) < 4.78 is 14.8. The van der Waals surface area contributed by atoms with Crippen LogP contribution in [-0.4, -0.2) is 32.7 Å². The summed E-state index contributed by atoms with van der Waals surface area (Å²) in [4.78, 5) is 19.6. The SMILES string of the molecule is N=C(N)/N=c1\[nH]cc(-c2cnn(Cc3ccc(F)cc3)c2)cc1C(=O)NC1CCC1. The van der Waals surface area contributed by atoms with E-state index in [-0.39, 0.29) is 29.2 Å². The molecule has 1 aromatic carbocycles. The number of aromatic amines is 1. The van der Waals surface area contributed by atoms with Crippen LogP contribution in [0.5, 0.6) is 0 Å². The molecule has 1 aliphatic carbocycles. The number of carbonyl (C=O) groups is 1. The van der Waals surface area contributed by atoms with Crippen molar-refractivity contribution in [3.8, 4) is 11.1 Å². The van der Waals surface area contributed by atoms with Crippen LogP contribution in [0.4, 0.5) is 4.39 Å². The monoisotopic (exact) mass is 407 g/mol. The van der Waals surface area contributed by atoms with Gasteiger partial charge in [-0.2, -0.15) is 10.1 Å². The van der Waals surface area contributed by atoms with Crippen LogP contribution < -0.4 is 16.5 Å². The van der Waals surface area contributed by atoms with Crippen molar-refractivity contribution in [2.24, 2.45) is 10.7 Å². The van der Waals surface area contributed by atoms with Crippen LogP contribution in [0.15, 0.2) is 53.9 Å². The van der Waals surface area contributed by atoms with Crippen molar-refractivity contribution in [3.63, 3.8) is 0 Å². The molecule has 0 unspecified atom stereocenters. The Morgan fingerprint density at radius 2 is 2.10 bits per heavy atom. The van der Waals surface area contributed by atoms with Gasteiger partial charge in [0.1, 0.15) is 11.3 Å². The van der Waals surface area contributed by atoms with Crippen molar-refractivity contribution in [2.75, 3.05) is 0 Å². The van der Waals surface area contributed by atoms with Crippen molar-refractivity contribution in [1.29, 1.82) is 5.41 Å². The van der Waals surface area contributed by atoms with Crippen LogP contribution in [0.3, 0.4) is 0 Å². The molecule has 1 aliphatic rings. The highest BCUT2D eigenvalue weighted by Crippen LogP contribution is 2.20. The van der Waals surface area contributed by atoms with Gasteiger partial charge in [-0.1, -0.05) is 12.1 Å². The first kappa shape index (κ1) is 19.6. The van der Waals surface area contributed by atoms with Gasteiger partial charge in [0.15, 0.2) is 0 Å². The number of nitrogens with two attached hydrogens (primary N) is 1. The molecular weight excluding hydrogens is 385 g/mol. The van der Waals surface area contributed by atoms with Gasteiger partial charge in [-0.25, -0.2) is 4.39 Å². The third-order valence-electron chi connectivity index (χ3n) is 5.06. The Bertz CT molecular complexity index is 1140. The van der Waals surface area contributed by atoms with Gasteiger partial charge in [0.25, 0.3) is 5.91 Å². The lowest BCUT2D eigenvalue weighted by Crippen LogP contribution is -2.41. The molecule has 154 valence electrons. The Morgan fingerprint density at radius 1 is 1.33 bits per heavy atom. The van der Waals surface area contributed by atoms with Gasteiger partial charge in [0.2, 0.25) is 5.96 Å². The molecule has 3 aromatic rings. The minimum Gasteiger partial charge on any atom is -0.368 e. The minimum atomic E-state index is -0.385. The highest BCUT2D eigenvalue weighted by atomic mass is 19.1. The van der Waals surface area contributed by atoms with E-state index < -0.39 is 0 Å². The zero-order valence-electron chi connectivity index (χ0n) is 16.2. The van der Waals surface area contributed by atoms with Crippen LogP contribution in [0.25, 0.3) is 11.1 Å². The van der Waals surface area contributed by atoms with Gasteiger partial charge in [0.05, 0.1) is 18.3 Å². The topological polar surface area (TPSA) is 125 Å². The number of hydrogen-bond donors (Lipinski definition) is 4. The van der Waals surface area contributed by atoms with E-state index >= 15 is 0 Å². The summed E-state index contributed by atoms with van der Waals surface area (Å²) in [5.74, 6) is -0.917. The van der Waals surface area contributed by atoms with Crippen LogP contribution in [0.1, 0.15) is 35.2 Å². The maximum absolute atomic E-state index is 13.1. The molecule has 8 nitrogen and oxygen atoms in total. The molecular formula is C21H22FN7O. The number of rotatable bonds is 5. The summed E-state index contributed by atoms with van der Waals surface area (Å²) in [6.07, 6.45) is 8.27. The first-order chi connectivity index (χ1) is 14.5. The van der Waals surface area contributed by atoms with E-state index in [1.54, 1.807) is 35.3 Å². The minimum absolute atomic E-state index is 0.171. The van der Waals surface area contributed by atoms with Crippen LogP contribution in [-0.2, 0) is 6.54 Å². The number of nitrogens with zero attached hydrogens (tertiary/aromatic N) is 3. The predicted octanol–water partition coefficient (Wildman–Crippen LogP) is 2.14. The van der Waals surface area contributed by atoms with E-state index in [0.717, 1.165) is 36.0 Å². The molecule has 0 radical (unpaired) electrons. The summed E-state index contributed by atoms with van der Waals surface area (Å²) in [5.41, 5.74) is 8.44. The molecule has 2 aromatic heterocycles. The molecule has 4 rings (SSSR count). The molecule has 1 saturated carbocycles. The second-order valence-corrected chi connectivity index (χ2v) is 7.30. The number of aromatic nitrogens is 3. The lowest BCUT2D eigenvalue weighted by atomic mass is 9.93. The van der Waals surface area contributed by atoms with Crippen molar-refractivity contribution in [3.05, 3.63) is 71.4 Å². The van der Waals surface area contributed by atoms with Crippen molar-refractivity contribution in [2.45, 2.75) is 31.8 Å². The molecule has 0 aliphatic heterocycles. The summed E-state index contributed by atoms with van der Waals surface area (Å²) in [7, 11) is 0. The molecule has 0 atom stereocenters. The van der Waals surface area contributed by atoms with Gasteiger partial charge < -0.3 is 16.0 Å². The summed E-state index contributed by atoms with van der Waals surface area (Å²) in [6.45, 7) is 0.497. The number of amides is 1. The number of benzene rings is 1. The molecule has 1 amide bonds. The Kier molecular flexibility index (Phi) is 5.42. The zero-order chi connectivity index (χ0) is 21.1. The fraction of sp³-hybridized carbons (Fsp3) is 0.238. The Hall–Kier alpha value is -3.75. The zero-order valence-corrected chi connectivity index (χ0v) is 16.2. The maximum atomic E-state index is 13.1. The first-order valence-electron chi connectivity index (χ1n) is 9.67. The predicted molar refractivity (Wildman–Crippen MR) is 110 cm³/mol. The largest absolute Gasteiger partial charge is 0.368 e. The third-order valence-corrected chi connectivity index (χ3v) is 5.06. The van der Waals surface area contributed by atoms with Crippen molar-refractivity contribution < 1.29 is 9.18 Å². The quantitative estimate of drug-likeness (QED) is 0.382. The average Bonchev–Trinajstić information content (AvgIpc) is 3.15. The first-order valence-corrected chi connectivity index (χ1v) is 9.67. The number of pyridine rings is 1. The van der Waals surface area contributed by atoms with E-state index in [9.17, 15) is 9.18 Å². The van der Waals surface area contributed by atoms with Crippen LogP contribution >= 0.6 is 0 Å². The summed E-state index contributed by atoms with van der Waals surface area (Å²) in [6, 6.07) is 8.14. The maximum Gasteiger partial charge on any atom is 0.255 e. The third kappa shape index (κ3) is 4.45. The number of nitrogens with one attached hydrogen (secondary N) is 3. The lowest BCUT2D eigenvalue weighted by Gasteiger charge is -2.26. The Balaban J connectivity index is 1.61. The highest BCUT2D eigenvalue weighted by Gasteiger charge is 2.21. The highest BCUT2D eigenvalue weighted by molar-refractivity contribution is 5.95. The molecule has 0 saturated heterocycles. The second kappa shape index (κ2) is 8.32. The number of H-pyrrole nitrogens is 1. The van der Waals surface area contributed by atoms with Crippen LogP contribution in [0, 0.1) is 11.2 Å². The molecule has 30 heavy (non-hydrogen) atoms. The summed E-state index contributed by atoms with van der Waals surface area (Å²) >= 11 is 0. The van der Waals surface area contributed by atoms with Gasteiger partial charge in [-0.05, 0) is 43.0 Å². The second-order valence-electron chi connectivity index (χ2n) is 7.30. The fourth-order valence-electron chi connectivity index (χ4n) is 3.23. The normalized spacial score (nSPS) is 14.4. The van der Waals surface area contributed by atoms with E-state index in [2.05, 4.69) is 20.4 Å². The number of halogens is 1. The molecule has 0 bridgehead atoms. The number of guanidine groups is 1. The smallest absolute Gasteiger partial charge is 0.255 e. The molecule has 5 N–H and O–H groups in total. The lowest BCUT2D eigenvalue weighted by molar-refractivity contribution is 0.0915. The van der Waals surface area contributed by atoms with E-state index in [1.807, 2.05) is 6.20 Å². The fourth-order valence-corrected chi connectivity index (χ4v) is 3.23. The number of carbonyl (C=O) groups excluding carboxylic acids is 1. The van der Waals surface area contributed by atoms with Crippen LogP contribution in [0.2, 0.25) is 0 Å². The van der Waals surface area contributed by atoms with Gasteiger partial charge in [-0.15, -0.1) is 0 Å². The van der Waals surface area contributed by atoms with E-state index in [0.29, 0.717) is 12.1 Å². The molecule has 0 spiro atoms. The van der Waals surface area contributed by atoms with Gasteiger partial charge >= 0.3 is 0 Å². The van der Waals surface area contributed by atoms with Crippen molar-refractivity contribution in [1.82, 2.24) is 20.1 Å². The molecule has 9 heteroatoms. The van der Waals surface area contributed by atoms with Gasteiger partial charge in [-0.3, -0.25) is 14.9 Å². The van der Waals surface area contributed by atoms with E-state index in [4.69, 9.17) is 11.1 Å². The number of hydrogen-bond acceptors (Lipinski definition) is 3. The Labute approximate surface area is 172 Å². The summed E-state index contributed by atoms with van der Waals surface area (Å²) in [5, 5.41) is 14.8.